The number of fused-ring (bicyclic) bond motifs is 8. The van der Waals surface area contributed by atoms with Crippen molar-refractivity contribution in [2.75, 3.05) is 18.6 Å². The summed E-state index contributed by atoms with van der Waals surface area (Å²) >= 11 is 0. The Morgan fingerprint density at radius 3 is 1.86 bits per heavy atom. The second kappa shape index (κ2) is 11.8. The number of benzene rings is 1. The Hall–Kier alpha value is -2.36. The van der Waals surface area contributed by atoms with E-state index in [1.807, 2.05) is 0 Å². The van der Waals surface area contributed by atoms with E-state index in [0.717, 1.165) is 17.7 Å². The van der Waals surface area contributed by atoms with Gasteiger partial charge in [0.15, 0.2) is 0 Å². The Balaban J connectivity index is 1.27. The molecule has 1 heterocycles. The van der Waals surface area contributed by atoms with Crippen molar-refractivity contribution < 1.29 is 4.74 Å². The number of rotatable bonds is 9. The van der Waals surface area contributed by atoms with Crippen LogP contribution < -0.4 is 4.90 Å². The number of aryl methyl sites for hydroxylation is 1. The molecule has 234 valence electrons. The van der Waals surface area contributed by atoms with Gasteiger partial charge in [-0.2, -0.15) is 0 Å². The van der Waals surface area contributed by atoms with Crippen LogP contribution in [0.1, 0.15) is 63.5 Å². The maximum Gasteiger partial charge on any atom is 0.0598 e. The van der Waals surface area contributed by atoms with E-state index < -0.39 is 8.07 Å². The van der Waals surface area contributed by atoms with Gasteiger partial charge in [-0.15, -0.1) is 0 Å². The molecule has 0 bridgehead atoms. The number of likely N-dealkylation sites (N-methyl/N-ethyl adjacent to an activating group) is 1. The lowest BCUT2D eigenvalue weighted by Gasteiger charge is -2.48. The summed E-state index contributed by atoms with van der Waals surface area (Å²) in [7, 11) is 0.476. The molecule has 0 saturated heterocycles. The van der Waals surface area contributed by atoms with E-state index >= 15 is 0 Å². The fraction of sp³-hybridized carbons (Fsp3) is 0.561. The van der Waals surface area contributed by atoms with Crippen LogP contribution in [-0.4, -0.2) is 33.4 Å². The Morgan fingerprint density at radius 1 is 0.705 bits per heavy atom. The molecule has 10 unspecified atom stereocenters. The van der Waals surface area contributed by atoms with Crippen molar-refractivity contribution in [3.63, 3.8) is 0 Å². The van der Waals surface area contributed by atoms with E-state index in [-0.39, 0.29) is 5.60 Å². The molecule has 1 aliphatic heterocycles. The predicted octanol–water partition coefficient (Wildman–Crippen LogP) is 10.2. The quantitative estimate of drug-likeness (QED) is 0.205. The molecule has 1 aromatic rings. The fourth-order valence-corrected chi connectivity index (χ4v) is 17.9. The number of allylic oxidation sites excluding steroid dienone is 11. The second-order valence-corrected chi connectivity index (χ2v) is 21.0. The highest BCUT2D eigenvalue weighted by atomic mass is 28.3. The fourth-order valence-electron chi connectivity index (χ4n) is 11.0. The van der Waals surface area contributed by atoms with Crippen LogP contribution in [0.25, 0.3) is 0 Å². The molecular formula is C41H55NOSi. The molecule has 0 N–H and O–H groups in total. The topological polar surface area (TPSA) is 12.5 Å². The molecular weight excluding hydrogens is 551 g/mol. The van der Waals surface area contributed by atoms with E-state index in [4.69, 9.17) is 4.74 Å². The highest BCUT2D eigenvalue weighted by Gasteiger charge is 2.65. The predicted molar refractivity (Wildman–Crippen MR) is 190 cm³/mol. The van der Waals surface area contributed by atoms with Crippen LogP contribution in [0.4, 0.5) is 5.69 Å². The summed E-state index contributed by atoms with van der Waals surface area (Å²) in [6, 6.07) is 9.36. The van der Waals surface area contributed by atoms with Crippen molar-refractivity contribution in [1.82, 2.24) is 0 Å². The SMILES string of the molecule is Cc1ccc2c(c1)C1C(C3C=CC=CC3C1[Si](C)(CCCCCCOC(C)(C)C)C1C3C=CC=CC3C3C=CC=CC31)N2C. The minimum Gasteiger partial charge on any atom is -0.376 e. The summed E-state index contributed by atoms with van der Waals surface area (Å²) in [5, 5.41) is 0. The number of hydrogen-bond donors (Lipinski definition) is 0. The molecule has 7 rings (SSSR count). The van der Waals surface area contributed by atoms with E-state index in [2.05, 4.69) is 137 Å². The summed E-state index contributed by atoms with van der Waals surface area (Å²) in [4.78, 5) is 2.69. The maximum absolute atomic E-state index is 6.08. The van der Waals surface area contributed by atoms with Gasteiger partial charge in [0.1, 0.15) is 0 Å². The number of nitrogens with zero attached hydrogens (tertiary/aromatic N) is 1. The van der Waals surface area contributed by atoms with Gasteiger partial charge in [-0.3, -0.25) is 0 Å². The first-order valence-corrected chi connectivity index (χ1v) is 20.6. The molecule has 0 radical (unpaired) electrons. The van der Waals surface area contributed by atoms with Crippen molar-refractivity contribution in [2.24, 2.45) is 35.5 Å². The standard InChI is InChI=1S/C41H55NOSi/c1-28-23-24-36-35(27-28)37-38(42(36)5)31-19-11-14-22-34(31)40(37)44(6,26-16-8-7-15-25-43-41(2,3)4)39-32-20-12-9-17-29(32)30-18-10-13-21-33(30)39/h9-14,17-24,27,29-34,37-40H,7-8,15-16,25-26H2,1-6H3. The lowest BCUT2D eigenvalue weighted by Crippen LogP contribution is -2.48. The maximum atomic E-state index is 6.08. The number of ether oxygens (including phenoxy) is 1. The van der Waals surface area contributed by atoms with Crippen LogP contribution in [0.2, 0.25) is 23.7 Å². The largest absolute Gasteiger partial charge is 0.376 e. The van der Waals surface area contributed by atoms with Crippen LogP contribution >= 0.6 is 0 Å². The molecule has 5 aliphatic carbocycles. The molecule has 0 aromatic heterocycles. The van der Waals surface area contributed by atoms with E-state index in [1.54, 1.807) is 5.56 Å². The molecule has 10 atom stereocenters. The van der Waals surface area contributed by atoms with Gasteiger partial charge in [-0.05, 0) is 86.4 Å². The molecule has 1 aromatic carbocycles. The van der Waals surface area contributed by atoms with Crippen molar-refractivity contribution in [2.45, 2.75) is 94.6 Å². The minimum absolute atomic E-state index is 0.0361. The van der Waals surface area contributed by atoms with Crippen LogP contribution in [0, 0.1) is 42.4 Å². The molecule has 0 spiro atoms. The summed E-state index contributed by atoms with van der Waals surface area (Å²) in [6.45, 7) is 12.6. The van der Waals surface area contributed by atoms with Crippen molar-refractivity contribution in [3.8, 4) is 0 Å². The third-order valence-electron chi connectivity index (χ3n) is 12.5. The van der Waals surface area contributed by atoms with Crippen LogP contribution in [0.15, 0.2) is 91.1 Å². The first-order valence-electron chi connectivity index (χ1n) is 17.7. The average Bonchev–Trinajstić information content (AvgIpc) is 3.62. The van der Waals surface area contributed by atoms with E-state index in [1.165, 1.54) is 43.0 Å². The molecule has 3 heteroatoms. The molecule has 2 nitrogen and oxygen atoms in total. The Labute approximate surface area is 268 Å². The first kappa shape index (κ1) is 30.3. The molecule has 44 heavy (non-hydrogen) atoms. The van der Waals surface area contributed by atoms with Gasteiger partial charge in [0.2, 0.25) is 0 Å². The second-order valence-electron chi connectivity index (χ2n) is 16.1. The number of hydrogen-bond acceptors (Lipinski definition) is 2. The van der Waals surface area contributed by atoms with E-state index in [9.17, 15) is 0 Å². The third kappa shape index (κ3) is 5.11. The highest BCUT2D eigenvalue weighted by molar-refractivity contribution is 6.82. The van der Waals surface area contributed by atoms with Gasteiger partial charge in [0.25, 0.3) is 0 Å². The van der Waals surface area contributed by atoms with Gasteiger partial charge < -0.3 is 9.64 Å². The molecule has 2 saturated carbocycles. The first-order chi connectivity index (χ1) is 21.2. The summed E-state index contributed by atoms with van der Waals surface area (Å²) in [6.07, 6.45) is 35.0. The lowest BCUT2D eigenvalue weighted by atomic mass is 9.83. The van der Waals surface area contributed by atoms with Crippen molar-refractivity contribution >= 4 is 13.8 Å². The zero-order valence-electron chi connectivity index (χ0n) is 28.0. The molecule has 0 amide bonds. The van der Waals surface area contributed by atoms with Gasteiger partial charge in [0.05, 0.1) is 13.7 Å². The van der Waals surface area contributed by atoms with Crippen molar-refractivity contribution in [1.29, 1.82) is 0 Å². The number of anilines is 1. The van der Waals surface area contributed by atoms with Crippen molar-refractivity contribution in [3.05, 3.63) is 102 Å². The molecule has 2 fully saturated rings. The van der Waals surface area contributed by atoms with Crippen LogP contribution in [-0.2, 0) is 4.74 Å². The zero-order chi connectivity index (χ0) is 30.6. The Bertz CT molecular complexity index is 1370. The summed E-state index contributed by atoms with van der Waals surface area (Å²) in [5.74, 6) is 4.49. The van der Waals surface area contributed by atoms with Crippen LogP contribution in [0.5, 0.6) is 0 Å². The highest BCUT2D eigenvalue weighted by Crippen LogP contribution is 2.70. The lowest BCUT2D eigenvalue weighted by molar-refractivity contribution is -0.00471. The smallest absolute Gasteiger partial charge is 0.0598 e. The summed E-state index contributed by atoms with van der Waals surface area (Å²) < 4.78 is 6.08. The average molecular weight is 606 g/mol. The minimum atomic E-state index is -1.92. The van der Waals surface area contributed by atoms with E-state index in [0.29, 0.717) is 47.5 Å². The van der Waals surface area contributed by atoms with Gasteiger partial charge in [-0.1, -0.05) is 122 Å². The monoisotopic (exact) mass is 605 g/mol. The van der Waals surface area contributed by atoms with Gasteiger partial charge in [-0.25, -0.2) is 0 Å². The Morgan fingerprint density at radius 2 is 1.25 bits per heavy atom. The zero-order valence-corrected chi connectivity index (χ0v) is 29.0. The summed E-state index contributed by atoms with van der Waals surface area (Å²) in [5.41, 5.74) is 6.05. The normalized spacial score (nSPS) is 37.1. The Kier molecular flexibility index (Phi) is 8.11. The van der Waals surface area contributed by atoms with Crippen LogP contribution in [0.3, 0.4) is 0 Å². The van der Waals surface area contributed by atoms with Gasteiger partial charge >= 0.3 is 0 Å². The third-order valence-corrected chi connectivity index (χ3v) is 18.5. The molecule has 6 aliphatic rings. The van der Waals surface area contributed by atoms with Gasteiger partial charge in [0, 0.05) is 37.2 Å². The number of unbranched alkanes of at least 4 members (excludes halogenated alkanes) is 3.